The fraction of sp³-hybridized carbons (Fsp3) is 0.417. The number of hydrogen-bond acceptors (Lipinski definition) is 4. The molecule has 0 radical (unpaired) electrons. The molecule has 2 N–H and O–H groups in total. The summed E-state index contributed by atoms with van der Waals surface area (Å²) >= 11 is 6.36. The van der Waals surface area contributed by atoms with Gasteiger partial charge in [0.05, 0.1) is 17.8 Å². The molecule has 1 aliphatic heterocycles. The average molecular weight is 441 g/mol. The third-order valence-corrected chi connectivity index (χ3v) is 6.38. The van der Waals surface area contributed by atoms with Gasteiger partial charge in [0, 0.05) is 43.3 Å². The molecule has 2 fully saturated rings. The van der Waals surface area contributed by atoms with Crippen molar-refractivity contribution in [3.05, 3.63) is 64.7 Å². The highest BCUT2D eigenvalue weighted by Gasteiger charge is 2.26. The summed E-state index contributed by atoms with van der Waals surface area (Å²) in [6.45, 7) is 5.86. The third kappa shape index (κ3) is 5.64. The van der Waals surface area contributed by atoms with Crippen molar-refractivity contribution in [2.75, 3.05) is 38.0 Å². The van der Waals surface area contributed by atoms with Gasteiger partial charge in [-0.25, -0.2) is 0 Å². The van der Waals surface area contributed by atoms with Crippen molar-refractivity contribution < 1.29 is 9.59 Å². The number of hydrogen-bond donors (Lipinski definition) is 2. The normalized spacial score (nSPS) is 18.4. The van der Waals surface area contributed by atoms with Crippen molar-refractivity contribution in [3.8, 4) is 0 Å². The number of anilines is 1. The van der Waals surface area contributed by atoms with Crippen molar-refractivity contribution in [1.82, 2.24) is 15.1 Å². The second kappa shape index (κ2) is 9.81. The summed E-state index contributed by atoms with van der Waals surface area (Å²) in [6, 6.07) is 15.7. The molecule has 1 aliphatic carbocycles. The molecule has 1 unspecified atom stereocenters. The summed E-state index contributed by atoms with van der Waals surface area (Å²) in [6.07, 6.45) is 2.06. The van der Waals surface area contributed by atoms with Crippen LogP contribution in [0.4, 0.5) is 5.69 Å². The number of para-hydroxylation sites is 1. The Hall–Kier alpha value is -2.41. The van der Waals surface area contributed by atoms with E-state index < -0.39 is 0 Å². The highest BCUT2D eigenvalue weighted by Crippen LogP contribution is 2.28. The van der Waals surface area contributed by atoms with E-state index in [1.807, 2.05) is 30.3 Å². The largest absolute Gasteiger partial charge is 0.349 e. The Labute approximate surface area is 188 Å². The molecule has 4 rings (SSSR count). The highest BCUT2D eigenvalue weighted by molar-refractivity contribution is 6.31. The zero-order valence-electron chi connectivity index (χ0n) is 17.8. The lowest BCUT2D eigenvalue weighted by Crippen LogP contribution is -2.49. The molecule has 2 aromatic carbocycles. The van der Waals surface area contributed by atoms with E-state index in [0.717, 1.165) is 49.6 Å². The Morgan fingerprint density at radius 1 is 1.03 bits per heavy atom. The summed E-state index contributed by atoms with van der Waals surface area (Å²) in [5, 5.41) is 6.70. The predicted molar refractivity (Wildman–Crippen MR) is 123 cm³/mol. The van der Waals surface area contributed by atoms with Gasteiger partial charge in [0.25, 0.3) is 5.91 Å². The quantitative estimate of drug-likeness (QED) is 0.691. The van der Waals surface area contributed by atoms with Gasteiger partial charge in [-0.05, 0) is 43.5 Å². The molecule has 2 aromatic rings. The molecule has 6 nitrogen and oxygen atoms in total. The molecule has 2 aliphatic rings. The maximum Gasteiger partial charge on any atom is 0.253 e. The molecule has 31 heavy (non-hydrogen) atoms. The van der Waals surface area contributed by atoms with Gasteiger partial charge in [0.1, 0.15) is 0 Å². The molecular formula is C24H29ClN4O2. The lowest BCUT2D eigenvalue weighted by molar-refractivity contribution is -0.117. The maximum atomic E-state index is 12.7. The number of benzene rings is 2. The number of rotatable bonds is 7. The smallest absolute Gasteiger partial charge is 0.253 e. The molecule has 1 heterocycles. The van der Waals surface area contributed by atoms with Gasteiger partial charge in [-0.15, -0.1) is 0 Å². The summed E-state index contributed by atoms with van der Waals surface area (Å²) in [7, 11) is 0. The van der Waals surface area contributed by atoms with Gasteiger partial charge in [-0.1, -0.05) is 41.9 Å². The van der Waals surface area contributed by atoms with Crippen molar-refractivity contribution >= 4 is 29.1 Å². The van der Waals surface area contributed by atoms with Crippen molar-refractivity contribution in [3.63, 3.8) is 0 Å². The van der Waals surface area contributed by atoms with Crippen LogP contribution >= 0.6 is 11.6 Å². The second-order valence-corrected chi connectivity index (χ2v) is 8.76. The summed E-state index contributed by atoms with van der Waals surface area (Å²) in [4.78, 5) is 29.6. The zero-order valence-corrected chi connectivity index (χ0v) is 18.6. The SMILES string of the molecule is CC(c1ccccc1Cl)N1CCN(CC(=O)Nc2ccccc2C(=O)NC2CC2)CC1. The van der Waals surface area contributed by atoms with Crippen molar-refractivity contribution in [1.29, 1.82) is 0 Å². The molecule has 7 heteroatoms. The van der Waals surface area contributed by atoms with Gasteiger partial charge in [-0.3, -0.25) is 19.4 Å². The van der Waals surface area contributed by atoms with E-state index >= 15 is 0 Å². The zero-order chi connectivity index (χ0) is 21.8. The van der Waals surface area contributed by atoms with Gasteiger partial charge in [-0.2, -0.15) is 0 Å². The van der Waals surface area contributed by atoms with Crippen LogP contribution in [0, 0.1) is 0 Å². The van der Waals surface area contributed by atoms with E-state index in [0.29, 0.717) is 17.8 Å². The fourth-order valence-corrected chi connectivity index (χ4v) is 4.29. The molecule has 1 saturated heterocycles. The third-order valence-electron chi connectivity index (χ3n) is 6.04. The Morgan fingerprint density at radius 3 is 2.42 bits per heavy atom. The van der Waals surface area contributed by atoms with E-state index in [1.54, 1.807) is 12.1 Å². The Morgan fingerprint density at radius 2 is 1.71 bits per heavy atom. The minimum atomic E-state index is -0.124. The Balaban J connectivity index is 1.29. The van der Waals surface area contributed by atoms with Crippen LogP contribution in [0.1, 0.15) is 41.7 Å². The lowest BCUT2D eigenvalue weighted by Gasteiger charge is -2.38. The van der Waals surface area contributed by atoms with Crippen molar-refractivity contribution in [2.45, 2.75) is 31.8 Å². The molecule has 0 spiro atoms. The first-order chi connectivity index (χ1) is 15.0. The Kier molecular flexibility index (Phi) is 6.90. The Bertz CT molecular complexity index is 939. The van der Waals surface area contributed by atoms with Crippen molar-refractivity contribution in [2.24, 2.45) is 0 Å². The van der Waals surface area contributed by atoms with E-state index in [4.69, 9.17) is 11.6 Å². The van der Waals surface area contributed by atoms with Crippen LogP contribution < -0.4 is 10.6 Å². The molecule has 164 valence electrons. The number of halogens is 1. The first kappa shape index (κ1) is 21.8. The summed E-state index contributed by atoms with van der Waals surface area (Å²) < 4.78 is 0. The number of carbonyl (C=O) groups is 2. The highest BCUT2D eigenvalue weighted by atomic mass is 35.5. The standard InChI is InChI=1S/C24H29ClN4O2/c1-17(19-6-2-4-8-21(19)25)29-14-12-28(13-15-29)16-23(30)27-22-9-5-3-7-20(22)24(31)26-18-10-11-18/h2-9,17-18H,10-16H2,1H3,(H,26,31)(H,27,30). The lowest BCUT2D eigenvalue weighted by atomic mass is 10.1. The van der Waals surface area contributed by atoms with E-state index in [2.05, 4.69) is 33.4 Å². The van der Waals surface area contributed by atoms with Crippen LogP contribution in [0.3, 0.4) is 0 Å². The monoisotopic (exact) mass is 440 g/mol. The van der Waals surface area contributed by atoms with Gasteiger partial charge in [0.15, 0.2) is 0 Å². The number of piperazine rings is 1. The minimum Gasteiger partial charge on any atom is -0.349 e. The average Bonchev–Trinajstić information content (AvgIpc) is 3.58. The van der Waals surface area contributed by atoms with Crippen LogP contribution in [0.15, 0.2) is 48.5 Å². The summed E-state index contributed by atoms with van der Waals surface area (Å²) in [5.74, 6) is -0.222. The predicted octanol–water partition coefficient (Wildman–Crippen LogP) is 3.55. The summed E-state index contributed by atoms with van der Waals surface area (Å²) in [5.41, 5.74) is 2.22. The molecule has 1 atom stereocenters. The molecular weight excluding hydrogens is 412 g/mol. The van der Waals surface area contributed by atoms with Crippen LogP contribution in [0.5, 0.6) is 0 Å². The van der Waals surface area contributed by atoms with Gasteiger partial charge < -0.3 is 10.6 Å². The van der Waals surface area contributed by atoms with E-state index in [9.17, 15) is 9.59 Å². The first-order valence-electron chi connectivity index (χ1n) is 10.9. The van der Waals surface area contributed by atoms with E-state index in [-0.39, 0.29) is 23.9 Å². The van der Waals surface area contributed by atoms with Crippen LogP contribution in [0.2, 0.25) is 5.02 Å². The molecule has 0 bridgehead atoms. The second-order valence-electron chi connectivity index (χ2n) is 8.35. The van der Waals surface area contributed by atoms with Gasteiger partial charge in [0.2, 0.25) is 5.91 Å². The van der Waals surface area contributed by atoms with Crippen LogP contribution in [-0.2, 0) is 4.79 Å². The molecule has 1 saturated carbocycles. The number of nitrogens with one attached hydrogen (secondary N) is 2. The molecule has 2 amide bonds. The van der Waals surface area contributed by atoms with Crippen LogP contribution in [-0.4, -0.2) is 60.4 Å². The van der Waals surface area contributed by atoms with Gasteiger partial charge >= 0.3 is 0 Å². The number of carbonyl (C=O) groups excluding carboxylic acids is 2. The minimum absolute atomic E-state index is 0.0979. The van der Waals surface area contributed by atoms with E-state index in [1.165, 1.54) is 0 Å². The number of nitrogens with zero attached hydrogens (tertiary/aromatic N) is 2. The van der Waals surface area contributed by atoms with Crippen LogP contribution in [0.25, 0.3) is 0 Å². The topological polar surface area (TPSA) is 64.7 Å². The molecule has 0 aromatic heterocycles. The maximum absolute atomic E-state index is 12.7. The first-order valence-corrected chi connectivity index (χ1v) is 11.3. The fourth-order valence-electron chi connectivity index (χ4n) is 3.99. The number of amides is 2.